The summed E-state index contributed by atoms with van der Waals surface area (Å²) in [6.07, 6.45) is 1.85. The third-order valence-electron chi connectivity index (χ3n) is 3.50. The molecular formula is C16H12BrCl2N3O2. The molecule has 0 aliphatic carbocycles. The minimum atomic E-state index is -0.436. The predicted molar refractivity (Wildman–Crippen MR) is 98.6 cm³/mol. The SMILES string of the molecule is COc1ccc(Cl)c(C(=O)Nc2cccn3c(Br)c(C)nc23)c1Cl. The molecule has 3 aromatic rings. The van der Waals surface area contributed by atoms with Gasteiger partial charge in [-0.25, -0.2) is 4.98 Å². The lowest BCUT2D eigenvalue weighted by Crippen LogP contribution is -2.14. The van der Waals surface area contributed by atoms with Gasteiger partial charge in [-0.2, -0.15) is 0 Å². The highest BCUT2D eigenvalue weighted by molar-refractivity contribution is 9.10. The van der Waals surface area contributed by atoms with Crippen molar-refractivity contribution in [1.82, 2.24) is 9.38 Å². The average molecular weight is 429 g/mol. The van der Waals surface area contributed by atoms with Gasteiger partial charge in [0.1, 0.15) is 10.4 Å². The van der Waals surface area contributed by atoms with E-state index >= 15 is 0 Å². The quantitative estimate of drug-likeness (QED) is 0.640. The number of halogens is 3. The first-order chi connectivity index (χ1) is 11.4. The second-order valence-corrected chi connectivity index (χ2v) is 6.53. The molecule has 0 spiro atoms. The molecular weight excluding hydrogens is 417 g/mol. The van der Waals surface area contributed by atoms with E-state index in [1.54, 1.807) is 18.2 Å². The zero-order valence-electron chi connectivity index (χ0n) is 12.7. The molecule has 124 valence electrons. The average Bonchev–Trinajstić information content (AvgIpc) is 2.84. The zero-order chi connectivity index (χ0) is 17.4. The smallest absolute Gasteiger partial charge is 0.258 e. The van der Waals surface area contributed by atoms with Crippen LogP contribution in [0, 0.1) is 6.92 Å². The summed E-state index contributed by atoms with van der Waals surface area (Å²) in [7, 11) is 1.47. The lowest BCUT2D eigenvalue weighted by Gasteiger charge is -2.11. The van der Waals surface area contributed by atoms with E-state index in [4.69, 9.17) is 27.9 Å². The number of hydrogen-bond donors (Lipinski definition) is 1. The number of imidazole rings is 1. The van der Waals surface area contributed by atoms with Crippen molar-refractivity contribution in [3.8, 4) is 5.75 Å². The van der Waals surface area contributed by atoms with Gasteiger partial charge in [0, 0.05) is 6.20 Å². The molecule has 1 N–H and O–H groups in total. The molecule has 5 nitrogen and oxygen atoms in total. The van der Waals surface area contributed by atoms with E-state index in [2.05, 4.69) is 26.2 Å². The second-order valence-electron chi connectivity index (χ2n) is 5.00. The highest BCUT2D eigenvalue weighted by Crippen LogP contribution is 2.34. The molecule has 1 aromatic carbocycles. The van der Waals surface area contributed by atoms with Crippen LogP contribution in [-0.4, -0.2) is 22.4 Å². The largest absolute Gasteiger partial charge is 0.495 e. The molecule has 0 fully saturated rings. The van der Waals surface area contributed by atoms with E-state index in [0.29, 0.717) is 17.1 Å². The molecule has 0 aliphatic rings. The fraction of sp³-hybridized carbons (Fsp3) is 0.125. The third-order valence-corrected chi connectivity index (χ3v) is 5.15. The minimum absolute atomic E-state index is 0.155. The molecule has 0 atom stereocenters. The molecule has 1 amide bonds. The summed E-state index contributed by atoms with van der Waals surface area (Å²) in [5.41, 5.74) is 2.13. The standard InChI is InChI=1S/C16H12BrCl2N3O2/c1-8-14(17)22-7-3-4-10(15(22)20-8)21-16(23)12-9(18)5-6-11(24-2)13(12)19/h3-7H,1-2H3,(H,21,23). The van der Waals surface area contributed by atoms with E-state index in [1.807, 2.05) is 23.6 Å². The van der Waals surface area contributed by atoms with Crippen molar-refractivity contribution in [3.63, 3.8) is 0 Å². The summed E-state index contributed by atoms with van der Waals surface area (Å²) in [6.45, 7) is 1.87. The van der Waals surface area contributed by atoms with Gasteiger partial charge in [-0.3, -0.25) is 9.20 Å². The van der Waals surface area contributed by atoms with Crippen molar-refractivity contribution in [1.29, 1.82) is 0 Å². The maximum Gasteiger partial charge on any atom is 0.258 e. The molecule has 0 bridgehead atoms. The summed E-state index contributed by atoms with van der Waals surface area (Å²) >= 11 is 15.8. The van der Waals surface area contributed by atoms with Crippen LogP contribution in [0.1, 0.15) is 16.1 Å². The monoisotopic (exact) mass is 427 g/mol. The number of nitrogens with one attached hydrogen (secondary N) is 1. The van der Waals surface area contributed by atoms with Crippen LogP contribution in [0.3, 0.4) is 0 Å². The van der Waals surface area contributed by atoms with Crippen LogP contribution in [-0.2, 0) is 0 Å². The number of aryl methyl sites for hydroxylation is 1. The van der Waals surface area contributed by atoms with Crippen LogP contribution < -0.4 is 10.1 Å². The number of aromatic nitrogens is 2. The van der Waals surface area contributed by atoms with Crippen molar-refractivity contribution in [2.45, 2.75) is 6.92 Å². The highest BCUT2D eigenvalue weighted by atomic mass is 79.9. The molecule has 0 radical (unpaired) electrons. The van der Waals surface area contributed by atoms with Gasteiger partial charge in [-0.1, -0.05) is 23.2 Å². The molecule has 8 heteroatoms. The summed E-state index contributed by atoms with van der Waals surface area (Å²) in [4.78, 5) is 17.1. The van der Waals surface area contributed by atoms with Crippen LogP contribution in [0.2, 0.25) is 10.0 Å². The number of anilines is 1. The van der Waals surface area contributed by atoms with Gasteiger partial charge in [-0.15, -0.1) is 0 Å². The number of rotatable bonds is 3. The van der Waals surface area contributed by atoms with Gasteiger partial charge in [0.25, 0.3) is 5.91 Å². The van der Waals surface area contributed by atoms with E-state index < -0.39 is 5.91 Å². The van der Waals surface area contributed by atoms with Crippen molar-refractivity contribution < 1.29 is 9.53 Å². The van der Waals surface area contributed by atoms with Crippen molar-refractivity contribution in [3.05, 3.63) is 56.4 Å². The molecule has 2 heterocycles. The molecule has 0 saturated heterocycles. The number of fused-ring (bicyclic) bond motifs is 1. The Morgan fingerprint density at radius 1 is 1.33 bits per heavy atom. The molecule has 0 aliphatic heterocycles. The Labute approximate surface area is 156 Å². The molecule has 0 unspecified atom stereocenters. The van der Waals surface area contributed by atoms with Gasteiger partial charge >= 0.3 is 0 Å². The van der Waals surface area contributed by atoms with E-state index in [-0.39, 0.29) is 15.6 Å². The number of nitrogens with zero attached hydrogens (tertiary/aromatic N) is 2. The first-order valence-corrected chi connectivity index (χ1v) is 8.45. The first-order valence-electron chi connectivity index (χ1n) is 6.90. The van der Waals surface area contributed by atoms with E-state index in [9.17, 15) is 4.79 Å². The number of amides is 1. The Morgan fingerprint density at radius 2 is 2.08 bits per heavy atom. The van der Waals surface area contributed by atoms with Gasteiger partial charge < -0.3 is 10.1 Å². The normalized spacial score (nSPS) is 10.9. The van der Waals surface area contributed by atoms with Crippen molar-refractivity contribution >= 4 is 56.4 Å². The summed E-state index contributed by atoms with van der Waals surface area (Å²) in [5.74, 6) is -0.0578. The predicted octanol–water partition coefficient (Wildman–Crippen LogP) is 4.97. The van der Waals surface area contributed by atoms with Crippen molar-refractivity contribution in [2.24, 2.45) is 0 Å². The van der Waals surface area contributed by atoms with E-state index in [0.717, 1.165) is 10.3 Å². The highest BCUT2D eigenvalue weighted by Gasteiger charge is 2.20. The number of hydrogen-bond acceptors (Lipinski definition) is 3. The second kappa shape index (κ2) is 6.63. The van der Waals surface area contributed by atoms with Gasteiger partial charge in [0.15, 0.2) is 5.65 Å². The van der Waals surface area contributed by atoms with Gasteiger partial charge in [-0.05, 0) is 47.1 Å². The number of carbonyl (C=O) groups excluding carboxylic acids is 1. The van der Waals surface area contributed by atoms with Crippen LogP contribution in [0.25, 0.3) is 5.65 Å². The van der Waals surface area contributed by atoms with E-state index in [1.165, 1.54) is 7.11 Å². The summed E-state index contributed by atoms with van der Waals surface area (Å²) in [5, 5.41) is 3.21. The molecule has 2 aromatic heterocycles. The molecule has 24 heavy (non-hydrogen) atoms. The summed E-state index contributed by atoms with van der Waals surface area (Å²) in [6, 6.07) is 6.74. The van der Waals surface area contributed by atoms with Crippen LogP contribution in [0.15, 0.2) is 35.1 Å². The fourth-order valence-corrected chi connectivity index (χ4v) is 3.33. The number of benzene rings is 1. The number of methoxy groups -OCH3 is 1. The maximum absolute atomic E-state index is 12.7. The number of carbonyl (C=O) groups is 1. The Kier molecular flexibility index (Phi) is 4.71. The maximum atomic E-state index is 12.7. The van der Waals surface area contributed by atoms with Gasteiger partial charge in [0.2, 0.25) is 0 Å². The Bertz CT molecular complexity index is 956. The Balaban J connectivity index is 2.04. The van der Waals surface area contributed by atoms with Crippen LogP contribution in [0.4, 0.5) is 5.69 Å². The number of pyridine rings is 1. The first kappa shape index (κ1) is 17.1. The molecule has 3 rings (SSSR count). The minimum Gasteiger partial charge on any atom is -0.495 e. The van der Waals surface area contributed by atoms with Crippen LogP contribution in [0.5, 0.6) is 5.75 Å². The Hall–Kier alpha value is -1.76. The van der Waals surface area contributed by atoms with Crippen molar-refractivity contribution in [2.75, 3.05) is 12.4 Å². The topological polar surface area (TPSA) is 55.6 Å². The van der Waals surface area contributed by atoms with Crippen LogP contribution >= 0.6 is 39.1 Å². The Morgan fingerprint density at radius 3 is 2.79 bits per heavy atom. The lowest BCUT2D eigenvalue weighted by atomic mass is 10.2. The molecule has 0 saturated carbocycles. The third kappa shape index (κ3) is 2.85. The zero-order valence-corrected chi connectivity index (χ0v) is 15.8. The summed E-state index contributed by atoms with van der Waals surface area (Å²) < 4.78 is 7.80. The number of ether oxygens (including phenoxy) is 1. The van der Waals surface area contributed by atoms with Gasteiger partial charge in [0.05, 0.1) is 34.1 Å². The lowest BCUT2D eigenvalue weighted by molar-refractivity contribution is 0.102. The fourth-order valence-electron chi connectivity index (χ4n) is 2.33.